The van der Waals surface area contributed by atoms with Gasteiger partial charge in [0.1, 0.15) is 5.75 Å². The van der Waals surface area contributed by atoms with Crippen LogP contribution in [0.15, 0.2) is 24.3 Å². The van der Waals surface area contributed by atoms with E-state index in [1.54, 1.807) is 7.11 Å². The number of rotatable bonds is 4. The number of piperidine rings is 2. The first-order chi connectivity index (χ1) is 14.1. The van der Waals surface area contributed by atoms with Gasteiger partial charge in [-0.2, -0.15) is 0 Å². The Balaban J connectivity index is 1.31. The van der Waals surface area contributed by atoms with E-state index in [9.17, 15) is 9.59 Å². The van der Waals surface area contributed by atoms with Gasteiger partial charge in [0.25, 0.3) is 0 Å². The molecule has 1 aromatic carbocycles. The fourth-order valence-electron chi connectivity index (χ4n) is 4.80. The van der Waals surface area contributed by atoms with E-state index >= 15 is 0 Å². The lowest BCUT2D eigenvalue weighted by Crippen LogP contribution is -2.54. The standard InChI is InChI=1S/C22H31N3O4/c1-28-18-5-2-4-17(14-18)23-21(27)24-11-9-22(10-12-24)8-7-20(26)25(16-22)15-19-6-3-13-29-19/h2,4-5,14,19H,3,6-13,15-16H2,1H3,(H,23,27). The normalized spacial score (nSPS) is 24.0. The molecule has 4 rings (SSSR count). The number of benzene rings is 1. The van der Waals surface area contributed by atoms with Crippen LogP contribution in [0.25, 0.3) is 0 Å². The van der Waals surface area contributed by atoms with Gasteiger partial charge in [-0.05, 0) is 49.7 Å². The Hall–Kier alpha value is -2.28. The monoisotopic (exact) mass is 401 g/mol. The van der Waals surface area contributed by atoms with Gasteiger partial charge in [-0.1, -0.05) is 6.07 Å². The van der Waals surface area contributed by atoms with E-state index in [4.69, 9.17) is 9.47 Å². The highest BCUT2D eigenvalue weighted by molar-refractivity contribution is 5.89. The number of amides is 3. The summed E-state index contributed by atoms with van der Waals surface area (Å²) in [5.41, 5.74) is 0.875. The van der Waals surface area contributed by atoms with Gasteiger partial charge in [0.2, 0.25) is 5.91 Å². The fourth-order valence-corrected chi connectivity index (χ4v) is 4.80. The van der Waals surface area contributed by atoms with Gasteiger partial charge in [0.05, 0.1) is 13.2 Å². The zero-order valence-electron chi connectivity index (χ0n) is 17.2. The van der Waals surface area contributed by atoms with Crippen LogP contribution in [-0.2, 0) is 9.53 Å². The molecule has 0 radical (unpaired) electrons. The van der Waals surface area contributed by atoms with Gasteiger partial charge >= 0.3 is 6.03 Å². The zero-order chi connectivity index (χ0) is 20.3. The minimum atomic E-state index is -0.0730. The number of urea groups is 1. The predicted molar refractivity (Wildman–Crippen MR) is 110 cm³/mol. The Labute approximate surface area is 172 Å². The Morgan fingerprint density at radius 1 is 1.31 bits per heavy atom. The van der Waals surface area contributed by atoms with Crippen molar-refractivity contribution in [1.82, 2.24) is 9.80 Å². The molecule has 0 aromatic heterocycles. The molecule has 3 aliphatic heterocycles. The van der Waals surface area contributed by atoms with E-state index in [1.807, 2.05) is 34.1 Å². The summed E-state index contributed by atoms with van der Waals surface area (Å²) in [6.07, 6.45) is 5.76. The molecule has 0 aliphatic carbocycles. The number of methoxy groups -OCH3 is 1. The topological polar surface area (TPSA) is 71.1 Å². The SMILES string of the molecule is COc1cccc(NC(=O)N2CCC3(CCC(=O)N(CC4CCCO4)C3)CC2)c1. The van der Waals surface area contributed by atoms with E-state index < -0.39 is 0 Å². The molecule has 3 heterocycles. The van der Waals surface area contributed by atoms with E-state index in [0.29, 0.717) is 6.42 Å². The summed E-state index contributed by atoms with van der Waals surface area (Å²) in [5, 5.41) is 2.97. The van der Waals surface area contributed by atoms with Gasteiger partial charge < -0.3 is 24.6 Å². The van der Waals surface area contributed by atoms with Crippen molar-refractivity contribution in [1.29, 1.82) is 0 Å². The van der Waals surface area contributed by atoms with Gasteiger partial charge in [0, 0.05) is 51.0 Å². The molecular weight excluding hydrogens is 370 g/mol. The number of ether oxygens (including phenoxy) is 2. The molecule has 3 fully saturated rings. The molecular formula is C22H31N3O4. The molecule has 3 amide bonds. The molecule has 1 aromatic rings. The van der Waals surface area contributed by atoms with Gasteiger partial charge in [-0.15, -0.1) is 0 Å². The van der Waals surface area contributed by atoms with Crippen LogP contribution < -0.4 is 10.1 Å². The van der Waals surface area contributed by atoms with Crippen molar-refractivity contribution in [3.8, 4) is 5.75 Å². The molecule has 1 spiro atoms. The average Bonchev–Trinajstić information content (AvgIpc) is 3.25. The second-order valence-electron chi connectivity index (χ2n) is 8.56. The lowest BCUT2D eigenvalue weighted by atomic mass is 9.72. The summed E-state index contributed by atoms with van der Waals surface area (Å²) in [7, 11) is 1.61. The van der Waals surface area contributed by atoms with Crippen molar-refractivity contribution in [2.45, 2.75) is 44.6 Å². The lowest BCUT2D eigenvalue weighted by Gasteiger charge is -2.47. The molecule has 7 heteroatoms. The zero-order valence-corrected chi connectivity index (χ0v) is 17.2. The molecule has 29 heavy (non-hydrogen) atoms. The highest BCUT2D eigenvalue weighted by Crippen LogP contribution is 2.40. The van der Waals surface area contributed by atoms with Crippen molar-refractivity contribution in [3.63, 3.8) is 0 Å². The number of likely N-dealkylation sites (tertiary alicyclic amines) is 2. The third kappa shape index (κ3) is 4.66. The highest BCUT2D eigenvalue weighted by Gasteiger charge is 2.42. The molecule has 3 aliphatic rings. The minimum absolute atomic E-state index is 0.0730. The third-order valence-electron chi connectivity index (χ3n) is 6.63. The summed E-state index contributed by atoms with van der Waals surface area (Å²) < 4.78 is 11.0. The van der Waals surface area contributed by atoms with E-state index in [2.05, 4.69) is 5.32 Å². The molecule has 0 saturated carbocycles. The summed E-state index contributed by atoms with van der Waals surface area (Å²) in [5.74, 6) is 0.975. The second-order valence-corrected chi connectivity index (χ2v) is 8.56. The summed E-state index contributed by atoms with van der Waals surface area (Å²) in [6, 6.07) is 7.32. The van der Waals surface area contributed by atoms with Gasteiger partial charge in [0.15, 0.2) is 0 Å². The van der Waals surface area contributed by atoms with Crippen LogP contribution in [-0.4, -0.2) is 67.7 Å². The average molecular weight is 402 g/mol. The molecule has 0 bridgehead atoms. The molecule has 158 valence electrons. The van der Waals surface area contributed by atoms with Crippen molar-refractivity contribution in [3.05, 3.63) is 24.3 Å². The van der Waals surface area contributed by atoms with Crippen LogP contribution in [0.5, 0.6) is 5.75 Å². The first-order valence-corrected chi connectivity index (χ1v) is 10.7. The number of hydrogen-bond donors (Lipinski definition) is 1. The highest BCUT2D eigenvalue weighted by atomic mass is 16.5. The van der Waals surface area contributed by atoms with Crippen molar-refractivity contribution in [2.75, 3.05) is 45.2 Å². The Bertz CT molecular complexity index is 739. The molecule has 1 unspecified atom stereocenters. The van der Waals surface area contributed by atoms with Crippen molar-refractivity contribution >= 4 is 17.6 Å². The maximum Gasteiger partial charge on any atom is 0.321 e. The number of anilines is 1. The van der Waals surface area contributed by atoms with Crippen LogP contribution in [0.2, 0.25) is 0 Å². The molecule has 7 nitrogen and oxygen atoms in total. The molecule has 3 saturated heterocycles. The van der Waals surface area contributed by atoms with Crippen LogP contribution in [0, 0.1) is 5.41 Å². The van der Waals surface area contributed by atoms with Crippen LogP contribution >= 0.6 is 0 Å². The fraction of sp³-hybridized carbons (Fsp3) is 0.636. The predicted octanol–water partition coefficient (Wildman–Crippen LogP) is 3.11. The van der Waals surface area contributed by atoms with Crippen LogP contribution in [0.3, 0.4) is 0 Å². The first-order valence-electron chi connectivity index (χ1n) is 10.7. The lowest BCUT2D eigenvalue weighted by molar-refractivity contribution is -0.140. The Morgan fingerprint density at radius 2 is 2.14 bits per heavy atom. The minimum Gasteiger partial charge on any atom is -0.497 e. The number of nitrogens with one attached hydrogen (secondary N) is 1. The number of carbonyl (C=O) groups is 2. The maximum atomic E-state index is 12.7. The molecule has 1 atom stereocenters. The summed E-state index contributed by atoms with van der Waals surface area (Å²) >= 11 is 0. The van der Waals surface area contributed by atoms with Gasteiger partial charge in [-0.25, -0.2) is 4.79 Å². The number of carbonyl (C=O) groups excluding carboxylic acids is 2. The number of hydrogen-bond acceptors (Lipinski definition) is 4. The first kappa shape index (κ1) is 20.0. The van der Waals surface area contributed by atoms with Crippen LogP contribution in [0.4, 0.5) is 10.5 Å². The van der Waals surface area contributed by atoms with E-state index in [0.717, 1.165) is 76.3 Å². The summed E-state index contributed by atoms with van der Waals surface area (Å²) in [4.78, 5) is 29.0. The van der Waals surface area contributed by atoms with E-state index in [1.165, 1.54) is 0 Å². The second kappa shape index (κ2) is 8.61. The van der Waals surface area contributed by atoms with Crippen molar-refractivity contribution in [2.24, 2.45) is 5.41 Å². The Morgan fingerprint density at radius 3 is 2.86 bits per heavy atom. The molecule has 1 N–H and O–H groups in total. The third-order valence-corrected chi connectivity index (χ3v) is 6.63. The smallest absolute Gasteiger partial charge is 0.321 e. The maximum absolute atomic E-state index is 12.7. The largest absolute Gasteiger partial charge is 0.497 e. The quantitative estimate of drug-likeness (QED) is 0.842. The van der Waals surface area contributed by atoms with Crippen LogP contribution in [0.1, 0.15) is 38.5 Å². The Kier molecular flexibility index (Phi) is 5.94. The van der Waals surface area contributed by atoms with Crippen molar-refractivity contribution < 1.29 is 19.1 Å². The number of nitrogens with zero attached hydrogens (tertiary/aromatic N) is 2. The summed E-state index contributed by atoms with van der Waals surface area (Å²) in [6.45, 7) is 3.78. The van der Waals surface area contributed by atoms with E-state index in [-0.39, 0.29) is 23.5 Å². The van der Waals surface area contributed by atoms with Gasteiger partial charge in [-0.3, -0.25) is 4.79 Å².